The van der Waals surface area contributed by atoms with Crippen molar-refractivity contribution < 1.29 is 28.6 Å². The highest BCUT2D eigenvalue weighted by Gasteiger charge is 2.19. The molecule has 0 radical (unpaired) electrons. The number of carbonyl (C=O) groups excluding carboxylic acids is 3. The normalized spacial score (nSPS) is 12.3. The molecular weight excluding hydrogens is 949 g/mol. The number of allylic oxidation sites excluding steroid dienone is 8. The first kappa shape index (κ1) is 74.4. The Hall–Kier alpha value is -2.63. The molecule has 0 aliphatic heterocycles. The molecule has 0 aromatic heterocycles. The molecule has 0 aliphatic rings. The van der Waals surface area contributed by atoms with E-state index in [1.54, 1.807) is 0 Å². The van der Waals surface area contributed by atoms with Gasteiger partial charge >= 0.3 is 17.9 Å². The summed E-state index contributed by atoms with van der Waals surface area (Å²) in [4.78, 5) is 38.4. The predicted molar refractivity (Wildman–Crippen MR) is 335 cm³/mol. The van der Waals surface area contributed by atoms with Crippen molar-refractivity contribution >= 4 is 17.9 Å². The zero-order chi connectivity index (χ0) is 55.7. The summed E-state index contributed by atoms with van der Waals surface area (Å²) in [6, 6.07) is 0. The standard InChI is InChI=1S/C71H130O6/c1-4-7-10-13-16-19-22-25-28-31-33-34-35-36-38-40-43-46-49-52-55-58-61-64-70(73)76-67-68(66-75-69(72)63-60-57-54-51-48-45-42-39-30-27-24-21-18-15-12-9-6-3)77-71(74)65-62-59-56-53-50-47-44-41-37-32-29-26-23-20-17-14-11-8-5-2/h18,21,26-27,29-31,33,68H,4-17,19-20,22-25,28,32,34-67H2,1-3H3/b21-18-,29-26-,30-27-,33-31-. The third-order valence-electron chi connectivity index (χ3n) is 15.3. The molecule has 0 saturated heterocycles. The molecule has 0 rings (SSSR count). The zero-order valence-corrected chi connectivity index (χ0v) is 51.7. The molecule has 0 fully saturated rings. The van der Waals surface area contributed by atoms with Crippen molar-refractivity contribution in [3.63, 3.8) is 0 Å². The first-order valence-corrected chi connectivity index (χ1v) is 34.1. The maximum Gasteiger partial charge on any atom is 0.306 e. The van der Waals surface area contributed by atoms with Gasteiger partial charge in [0.05, 0.1) is 0 Å². The van der Waals surface area contributed by atoms with E-state index in [0.717, 1.165) is 70.6 Å². The van der Waals surface area contributed by atoms with Crippen LogP contribution in [0.3, 0.4) is 0 Å². The molecule has 0 amide bonds. The molecule has 6 heteroatoms. The second-order valence-corrected chi connectivity index (χ2v) is 23.1. The predicted octanol–water partition coefficient (Wildman–Crippen LogP) is 23.3. The van der Waals surface area contributed by atoms with E-state index in [4.69, 9.17) is 14.2 Å². The number of rotatable bonds is 63. The van der Waals surface area contributed by atoms with Gasteiger partial charge in [0.15, 0.2) is 6.10 Å². The molecule has 0 N–H and O–H groups in total. The molecule has 0 aliphatic carbocycles. The van der Waals surface area contributed by atoms with Crippen LogP contribution in [0.5, 0.6) is 0 Å². The van der Waals surface area contributed by atoms with Crippen LogP contribution in [0.25, 0.3) is 0 Å². The molecule has 0 spiro atoms. The lowest BCUT2D eigenvalue weighted by Gasteiger charge is -2.18. The smallest absolute Gasteiger partial charge is 0.306 e. The fraction of sp³-hybridized carbons (Fsp3) is 0.845. The van der Waals surface area contributed by atoms with Crippen molar-refractivity contribution in [2.75, 3.05) is 13.2 Å². The Morgan fingerprint density at radius 3 is 0.753 bits per heavy atom. The lowest BCUT2D eigenvalue weighted by atomic mass is 10.0. The summed E-state index contributed by atoms with van der Waals surface area (Å²) in [5.41, 5.74) is 0. The van der Waals surface area contributed by atoms with E-state index in [1.165, 1.54) is 257 Å². The van der Waals surface area contributed by atoms with Gasteiger partial charge in [0.2, 0.25) is 0 Å². The number of esters is 3. The minimum Gasteiger partial charge on any atom is -0.462 e. The summed E-state index contributed by atoms with van der Waals surface area (Å²) in [6.45, 7) is 6.66. The van der Waals surface area contributed by atoms with E-state index in [9.17, 15) is 14.4 Å². The first-order valence-electron chi connectivity index (χ1n) is 34.1. The van der Waals surface area contributed by atoms with Gasteiger partial charge in [0.25, 0.3) is 0 Å². The highest BCUT2D eigenvalue weighted by molar-refractivity contribution is 5.71. The van der Waals surface area contributed by atoms with Crippen molar-refractivity contribution in [1.82, 2.24) is 0 Å². The SMILES string of the molecule is CCCCC/C=C\C/C=C\CCCCCCCCCC(=O)OCC(COC(=O)CCCCCCCCCCCCC/C=C\CCCCCCCCCC)OC(=O)CCCCCCCCCCC/C=C\CCCCCCCC. The largest absolute Gasteiger partial charge is 0.462 e. The summed E-state index contributed by atoms with van der Waals surface area (Å²) in [6.07, 6.45) is 82.6. The van der Waals surface area contributed by atoms with E-state index in [-0.39, 0.29) is 31.1 Å². The number of hydrogen-bond acceptors (Lipinski definition) is 6. The highest BCUT2D eigenvalue weighted by atomic mass is 16.6. The summed E-state index contributed by atoms with van der Waals surface area (Å²) in [5.74, 6) is -0.862. The van der Waals surface area contributed by atoms with Crippen LogP contribution in [0, 0.1) is 0 Å². The molecule has 0 heterocycles. The maximum atomic E-state index is 12.9. The van der Waals surface area contributed by atoms with E-state index < -0.39 is 6.10 Å². The maximum absolute atomic E-state index is 12.9. The second kappa shape index (κ2) is 65.9. The van der Waals surface area contributed by atoms with Crippen LogP contribution in [0.2, 0.25) is 0 Å². The summed E-state index contributed by atoms with van der Waals surface area (Å²) < 4.78 is 17.0. The van der Waals surface area contributed by atoms with Crippen molar-refractivity contribution in [3.05, 3.63) is 48.6 Å². The third kappa shape index (κ3) is 64.1. The lowest BCUT2D eigenvalue weighted by molar-refractivity contribution is -0.167. The van der Waals surface area contributed by atoms with Crippen LogP contribution in [0.4, 0.5) is 0 Å². The van der Waals surface area contributed by atoms with E-state index >= 15 is 0 Å². The molecule has 450 valence electrons. The van der Waals surface area contributed by atoms with Crippen molar-refractivity contribution in [2.24, 2.45) is 0 Å². The van der Waals surface area contributed by atoms with Crippen LogP contribution in [-0.2, 0) is 28.6 Å². The van der Waals surface area contributed by atoms with Crippen molar-refractivity contribution in [3.8, 4) is 0 Å². The number of ether oxygens (including phenoxy) is 3. The minimum atomic E-state index is -0.778. The molecule has 1 unspecified atom stereocenters. The average molecular weight is 1080 g/mol. The topological polar surface area (TPSA) is 78.9 Å². The Labute approximate surface area is 479 Å². The van der Waals surface area contributed by atoms with E-state index in [2.05, 4.69) is 69.4 Å². The van der Waals surface area contributed by atoms with Gasteiger partial charge in [-0.05, 0) is 103 Å². The van der Waals surface area contributed by atoms with Crippen LogP contribution in [0.1, 0.15) is 367 Å². The molecular formula is C71H130O6. The van der Waals surface area contributed by atoms with Crippen LogP contribution in [0.15, 0.2) is 48.6 Å². The minimum absolute atomic E-state index is 0.0741. The van der Waals surface area contributed by atoms with Crippen LogP contribution in [-0.4, -0.2) is 37.2 Å². The van der Waals surface area contributed by atoms with E-state index in [0.29, 0.717) is 19.3 Å². The molecule has 0 bridgehead atoms. The van der Waals surface area contributed by atoms with Gasteiger partial charge in [-0.25, -0.2) is 0 Å². The average Bonchev–Trinajstić information content (AvgIpc) is 3.43. The number of unbranched alkanes of at least 4 members (excludes halogenated alkanes) is 44. The molecule has 77 heavy (non-hydrogen) atoms. The Balaban J connectivity index is 4.33. The Kier molecular flexibility index (Phi) is 63.6. The number of hydrogen-bond donors (Lipinski definition) is 0. The van der Waals surface area contributed by atoms with Gasteiger partial charge in [0.1, 0.15) is 13.2 Å². The van der Waals surface area contributed by atoms with Crippen LogP contribution >= 0.6 is 0 Å². The Morgan fingerprint density at radius 2 is 0.468 bits per heavy atom. The third-order valence-corrected chi connectivity index (χ3v) is 15.3. The highest BCUT2D eigenvalue weighted by Crippen LogP contribution is 2.17. The quantitative estimate of drug-likeness (QED) is 0.0261. The fourth-order valence-corrected chi connectivity index (χ4v) is 10.1. The second-order valence-electron chi connectivity index (χ2n) is 23.1. The van der Waals surface area contributed by atoms with Gasteiger partial charge in [-0.15, -0.1) is 0 Å². The molecule has 1 atom stereocenters. The summed E-state index contributed by atoms with van der Waals surface area (Å²) in [7, 11) is 0. The van der Waals surface area contributed by atoms with Gasteiger partial charge < -0.3 is 14.2 Å². The van der Waals surface area contributed by atoms with Crippen molar-refractivity contribution in [2.45, 2.75) is 374 Å². The Morgan fingerprint density at radius 1 is 0.260 bits per heavy atom. The van der Waals surface area contributed by atoms with E-state index in [1.807, 2.05) is 0 Å². The fourth-order valence-electron chi connectivity index (χ4n) is 10.1. The molecule has 6 nitrogen and oxygen atoms in total. The summed E-state index contributed by atoms with van der Waals surface area (Å²) in [5, 5.41) is 0. The molecule has 0 aromatic rings. The lowest BCUT2D eigenvalue weighted by Crippen LogP contribution is -2.30. The van der Waals surface area contributed by atoms with Crippen molar-refractivity contribution in [1.29, 1.82) is 0 Å². The summed E-state index contributed by atoms with van der Waals surface area (Å²) >= 11 is 0. The van der Waals surface area contributed by atoms with Gasteiger partial charge in [-0.2, -0.15) is 0 Å². The zero-order valence-electron chi connectivity index (χ0n) is 51.7. The number of carbonyl (C=O) groups is 3. The Bertz CT molecular complexity index is 1330. The van der Waals surface area contributed by atoms with Crippen LogP contribution < -0.4 is 0 Å². The van der Waals surface area contributed by atoms with Gasteiger partial charge in [-0.3, -0.25) is 14.4 Å². The molecule has 0 aromatic carbocycles. The monoisotopic (exact) mass is 1080 g/mol. The van der Waals surface area contributed by atoms with Gasteiger partial charge in [-0.1, -0.05) is 294 Å². The molecule has 0 saturated carbocycles. The van der Waals surface area contributed by atoms with Gasteiger partial charge in [0, 0.05) is 19.3 Å². The first-order chi connectivity index (χ1) is 38.0.